The van der Waals surface area contributed by atoms with Gasteiger partial charge in [0.1, 0.15) is 29.9 Å². The second kappa shape index (κ2) is 16.5. The second-order valence-electron chi connectivity index (χ2n) is 12.0. The number of hydrogen-bond acceptors (Lipinski definition) is 6. The van der Waals surface area contributed by atoms with Crippen molar-refractivity contribution < 1.29 is 31.9 Å². The van der Waals surface area contributed by atoms with Gasteiger partial charge in [-0.25, -0.2) is 12.8 Å². The summed E-state index contributed by atoms with van der Waals surface area (Å²) in [6.07, 6.45) is 3.93. The molecule has 11 heteroatoms. The van der Waals surface area contributed by atoms with Crippen LogP contribution in [-0.4, -0.2) is 57.5 Å². The minimum atomic E-state index is -4.35. The molecule has 0 radical (unpaired) electrons. The van der Waals surface area contributed by atoms with Crippen LogP contribution >= 0.6 is 0 Å². The summed E-state index contributed by atoms with van der Waals surface area (Å²) in [5.41, 5.74) is 1.64. The van der Waals surface area contributed by atoms with Gasteiger partial charge in [0.25, 0.3) is 10.0 Å². The summed E-state index contributed by atoms with van der Waals surface area (Å²) in [4.78, 5) is 30.2. The Kier molecular flexibility index (Phi) is 11.9. The van der Waals surface area contributed by atoms with Crippen LogP contribution in [0.4, 0.5) is 10.1 Å². The molecule has 1 saturated carbocycles. The first kappa shape index (κ1) is 35.4. The molecule has 4 aromatic carbocycles. The molecule has 0 aliphatic heterocycles. The van der Waals surface area contributed by atoms with Gasteiger partial charge in [-0.15, -0.1) is 0 Å². The van der Waals surface area contributed by atoms with Crippen LogP contribution in [0.3, 0.4) is 0 Å². The molecular formula is C38H42FN3O6S. The van der Waals surface area contributed by atoms with Crippen LogP contribution in [0.1, 0.15) is 43.7 Å². The predicted octanol–water partition coefficient (Wildman–Crippen LogP) is 6.13. The van der Waals surface area contributed by atoms with Gasteiger partial charge >= 0.3 is 0 Å². The van der Waals surface area contributed by atoms with Gasteiger partial charge in [0.05, 0.1) is 24.3 Å². The molecule has 0 saturated heterocycles. The summed E-state index contributed by atoms with van der Waals surface area (Å²) in [5, 5.41) is 3.16. The number of anilines is 1. The summed E-state index contributed by atoms with van der Waals surface area (Å²) in [6.45, 7) is 1.59. The molecule has 5 rings (SSSR count). The van der Waals surface area contributed by atoms with Gasteiger partial charge in [-0.3, -0.25) is 13.9 Å². The molecule has 1 aliphatic carbocycles. The topological polar surface area (TPSA) is 105 Å². The Morgan fingerprint density at radius 2 is 1.55 bits per heavy atom. The van der Waals surface area contributed by atoms with Crippen LogP contribution in [0.5, 0.6) is 11.5 Å². The van der Waals surface area contributed by atoms with E-state index in [-0.39, 0.29) is 35.5 Å². The van der Waals surface area contributed by atoms with Crippen LogP contribution in [0.2, 0.25) is 0 Å². The van der Waals surface area contributed by atoms with Gasteiger partial charge in [0, 0.05) is 19.0 Å². The molecule has 0 bridgehead atoms. The number of nitrogens with one attached hydrogen (secondary N) is 1. The number of halogens is 1. The molecule has 1 fully saturated rings. The van der Waals surface area contributed by atoms with E-state index in [0.717, 1.165) is 47.7 Å². The molecule has 0 aromatic heterocycles. The molecular weight excluding hydrogens is 645 g/mol. The fourth-order valence-electron chi connectivity index (χ4n) is 6.03. The van der Waals surface area contributed by atoms with Crippen molar-refractivity contribution in [3.05, 3.63) is 120 Å². The maximum atomic E-state index is 14.7. The van der Waals surface area contributed by atoms with E-state index >= 15 is 0 Å². The highest BCUT2D eigenvalue weighted by molar-refractivity contribution is 7.92. The van der Waals surface area contributed by atoms with Gasteiger partial charge in [-0.2, -0.15) is 0 Å². The zero-order valence-corrected chi connectivity index (χ0v) is 28.6. The van der Waals surface area contributed by atoms with Gasteiger partial charge in [-0.05, 0) is 91.6 Å². The van der Waals surface area contributed by atoms with E-state index in [9.17, 15) is 22.4 Å². The number of nitrogens with zero attached hydrogens (tertiary/aromatic N) is 2. The lowest BCUT2D eigenvalue weighted by atomic mass is 10.0. The van der Waals surface area contributed by atoms with Gasteiger partial charge in [0.2, 0.25) is 11.8 Å². The first-order valence-corrected chi connectivity index (χ1v) is 17.9. The van der Waals surface area contributed by atoms with Crippen molar-refractivity contribution >= 4 is 27.5 Å². The monoisotopic (exact) mass is 687 g/mol. The Bertz CT molecular complexity index is 1800. The fourth-order valence-corrected chi connectivity index (χ4v) is 7.44. The third-order valence-electron chi connectivity index (χ3n) is 8.58. The Morgan fingerprint density at radius 1 is 0.878 bits per heavy atom. The average molecular weight is 688 g/mol. The Balaban J connectivity index is 1.56. The maximum absolute atomic E-state index is 14.7. The number of rotatable bonds is 15. The normalized spacial score (nSPS) is 13.8. The first-order chi connectivity index (χ1) is 23.7. The molecule has 4 aromatic rings. The van der Waals surface area contributed by atoms with Crippen molar-refractivity contribution in [2.24, 2.45) is 0 Å². The number of ether oxygens (including phenoxy) is 2. The number of sulfonamides is 1. The van der Waals surface area contributed by atoms with Crippen molar-refractivity contribution in [2.75, 3.05) is 24.6 Å². The van der Waals surface area contributed by atoms with Crippen LogP contribution in [-0.2, 0) is 32.6 Å². The summed E-state index contributed by atoms with van der Waals surface area (Å²) in [7, 11) is -2.80. The third kappa shape index (κ3) is 9.17. The predicted molar refractivity (Wildman–Crippen MR) is 186 cm³/mol. The molecule has 1 aliphatic rings. The Morgan fingerprint density at radius 3 is 2.20 bits per heavy atom. The first-order valence-electron chi connectivity index (χ1n) is 16.5. The van der Waals surface area contributed by atoms with Crippen molar-refractivity contribution in [1.82, 2.24) is 10.2 Å². The lowest BCUT2D eigenvalue weighted by Crippen LogP contribution is -2.54. The zero-order chi connectivity index (χ0) is 34.8. The van der Waals surface area contributed by atoms with E-state index in [1.165, 1.54) is 29.2 Å². The standard InChI is InChI=1S/C38H42FN3O6S/c1-3-48-33-20-22-35(23-21-33)49(45,46)42(32-18-16-30(39)17-19-32)27-37(43)41(26-29-12-9-15-34(24-29)47-2)36(25-28-10-5-4-6-11-28)38(44)40-31-13-7-8-14-31/h4-6,9-12,15-24,31,36H,3,7-8,13-14,25-27H2,1-2H3,(H,40,44). The molecule has 49 heavy (non-hydrogen) atoms. The third-order valence-corrected chi connectivity index (χ3v) is 10.4. The minimum Gasteiger partial charge on any atom is -0.497 e. The van der Waals surface area contributed by atoms with E-state index < -0.39 is 34.3 Å². The van der Waals surface area contributed by atoms with Crippen molar-refractivity contribution in [3.63, 3.8) is 0 Å². The molecule has 0 heterocycles. The Hall–Kier alpha value is -4.90. The number of amides is 2. The number of hydrogen-bond donors (Lipinski definition) is 1. The van der Waals surface area contributed by atoms with E-state index in [0.29, 0.717) is 23.7 Å². The van der Waals surface area contributed by atoms with E-state index in [2.05, 4.69) is 5.32 Å². The van der Waals surface area contributed by atoms with Crippen LogP contribution in [0.15, 0.2) is 108 Å². The summed E-state index contributed by atoms with van der Waals surface area (Å²) in [5.74, 6) is -0.406. The molecule has 258 valence electrons. The zero-order valence-electron chi connectivity index (χ0n) is 27.8. The molecule has 1 unspecified atom stereocenters. The second-order valence-corrected chi connectivity index (χ2v) is 13.8. The highest BCUT2D eigenvalue weighted by Crippen LogP contribution is 2.27. The molecule has 1 atom stereocenters. The van der Waals surface area contributed by atoms with Crippen molar-refractivity contribution in [2.45, 2.75) is 62.6 Å². The number of carbonyl (C=O) groups excluding carboxylic acids is 2. The van der Waals surface area contributed by atoms with Gasteiger partial charge in [-0.1, -0.05) is 55.3 Å². The minimum absolute atomic E-state index is 0.00436. The highest BCUT2D eigenvalue weighted by Gasteiger charge is 2.35. The van der Waals surface area contributed by atoms with Gasteiger partial charge in [0.15, 0.2) is 0 Å². The van der Waals surface area contributed by atoms with Crippen LogP contribution in [0, 0.1) is 5.82 Å². The SMILES string of the molecule is CCOc1ccc(S(=O)(=O)N(CC(=O)N(Cc2cccc(OC)c2)C(Cc2ccccc2)C(=O)NC2CCCC2)c2ccc(F)cc2)cc1. The summed E-state index contributed by atoms with van der Waals surface area (Å²) in [6, 6.07) is 26.4. The fraction of sp³-hybridized carbons (Fsp3) is 0.316. The molecule has 1 N–H and O–H groups in total. The largest absolute Gasteiger partial charge is 0.497 e. The van der Waals surface area contributed by atoms with Crippen molar-refractivity contribution in [1.29, 1.82) is 0 Å². The van der Waals surface area contributed by atoms with Crippen molar-refractivity contribution in [3.8, 4) is 11.5 Å². The summed E-state index contributed by atoms with van der Waals surface area (Å²) >= 11 is 0. The van der Waals surface area contributed by atoms with Crippen LogP contribution < -0.4 is 19.1 Å². The smallest absolute Gasteiger partial charge is 0.264 e. The van der Waals surface area contributed by atoms with E-state index in [1.807, 2.05) is 43.3 Å². The molecule has 2 amide bonds. The molecule has 0 spiro atoms. The lowest BCUT2D eigenvalue weighted by Gasteiger charge is -2.34. The highest BCUT2D eigenvalue weighted by atomic mass is 32.2. The average Bonchev–Trinajstić information content (AvgIpc) is 3.63. The number of methoxy groups -OCH3 is 1. The quantitative estimate of drug-likeness (QED) is 0.161. The van der Waals surface area contributed by atoms with E-state index in [4.69, 9.17) is 9.47 Å². The lowest BCUT2D eigenvalue weighted by molar-refractivity contribution is -0.140. The summed E-state index contributed by atoms with van der Waals surface area (Å²) < 4.78 is 54.4. The Labute approximate surface area is 287 Å². The van der Waals surface area contributed by atoms with Gasteiger partial charge < -0.3 is 19.7 Å². The maximum Gasteiger partial charge on any atom is 0.264 e. The van der Waals surface area contributed by atoms with Crippen LogP contribution in [0.25, 0.3) is 0 Å². The number of carbonyl (C=O) groups is 2. The van der Waals surface area contributed by atoms with E-state index in [1.54, 1.807) is 37.4 Å². The number of benzene rings is 4. The molecule has 9 nitrogen and oxygen atoms in total.